The molecule has 32 heteroatoms. The highest BCUT2D eigenvalue weighted by atomic mass is 35.5. The molecule has 26 nitrogen and oxygen atoms in total. The number of carbonyl (C=O) groups is 5. The van der Waals surface area contributed by atoms with Crippen molar-refractivity contribution in [3.63, 3.8) is 0 Å². The van der Waals surface area contributed by atoms with E-state index < -0.39 is 92.8 Å². The molecular weight excluding hydrogens is 1060 g/mol. The zero-order valence-electron chi connectivity index (χ0n) is 39.6. The third-order valence-corrected chi connectivity index (χ3v) is 14.3. The van der Waals surface area contributed by atoms with E-state index in [1.54, 1.807) is 20.3 Å². The SMILES string of the molecule is CC(=O)OCC(OC[C@H]1OC(OC(C)=O)C(OC(C)=O)[C@@H]1C)P(C)(C)=O.CC(=O)OCC(OC[C@H]1O[C@@H](n2nnc3c(Cl)nc(Cl)nc32)C(OC(C)=O)[C@@H]1C)P(C)(C)=O.Clc1nc(Cl)c2n[nH]nc2n1. The van der Waals surface area contributed by atoms with Crippen molar-refractivity contribution in [3.05, 3.63) is 20.9 Å². The summed E-state index contributed by atoms with van der Waals surface area (Å²) in [4.78, 5) is 71.9. The van der Waals surface area contributed by atoms with Gasteiger partial charge in [0.15, 0.2) is 45.4 Å². The topological polar surface area (TPSA) is 326 Å². The van der Waals surface area contributed by atoms with Gasteiger partial charge in [-0.25, -0.2) is 9.97 Å². The fourth-order valence-corrected chi connectivity index (χ4v) is 9.05. The van der Waals surface area contributed by atoms with E-state index in [2.05, 4.69) is 45.7 Å². The Hall–Kier alpha value is -4.23. The summed E-state index contributed by atoms with van der Waals surface area (Å²) in [6, 6.07) is 0. The van der Waals surface area contributed by atoms with Crippen LogP contribution in [0, 0.1) is 11.8 Å². The van der Waals surface area contributed by atoms with Crippen molar-refractivity contribution < 1.29 is 75.7 Å². The molecule has 5 unspecified atom stereocenters. The maximum absolute atomic E-state index is 12.6. The number of nitrogens with one attached hydrogen (secondary N) is 1. The Morgan fingerprint density at radius 2 is 1.11 bits per heavy atom. The lowest BCUT2D eigenvalue weighted by molar-refractivity contribution is -0.196. The lowest BCUT2D eigenvalue weighted by Crippen LogP contribution is -2.34. The first-order chi connectivity index (χ1) is 32.6. The molecule has 6 heterocycles. The summed E-state index contributed by atoms with van der Waals surface area (Å²) >= 11 is 23.2. The molecule has 10 atom stereocenters. The van der Waals surface area contributed by atoms with Gasteiger partial charge in [-0.2, -0.15) is 25.0 Å². The molecule has 0 aromatic carbocycles. The Kier molecular flexibility index (Phi) is 21.2. The molecule has 6 rings (SSSR count). The molecule has 0 bridgehead atoms. The number of aromatic amines is 1. The highest BCUT2D eigenvalue weighted by molar-refractivity contribution is 7.63. The molecular formula is C38H52Cl4N10O16P2. The standard InChI is InChI=1S/C18H24Cl2N5O7P.C16H27O9P.C4HCl2N5/c1-8-11(6-30-12(33(4,5)28)7-29-9(2)26)32-17(14(8)31-10(3)27)25-16-13(23-24-25)15(19)21-18(20)22-16;1-9-13(7-22-14(26(5,6)20)8-21-10(2)17)25-16(24-12(4)19)15(9)23-11(3)18;5-2-1-3(10-11-9-1)8-4(6)7-2/h8,11-12,14,17H,6-7H2,1-5H3;9,13-16H,7-8H2,1-6H3;(H,7,8,9,10,11)/t8-,11-,12?,14?,17-;9-,13-,14?,15?,16?;/m11./s1. The van der Waals surface area contributed by atoms with Crippen molar-refractivity contribution in [1.29, 1.82) is 0 Å². The number of carbonyl (C=O) groups excluding carboxylic acids is 5. The number of nitrogens with zero attached hydrogens (tertiary/aromatic N) is 9. The van der Waals surface area contributed by atoms with Gasteiger partial charge in [-0.15, -0.1) is 10.2 Å². The minimum Gasteiger partial charge on any atom is -0.463 e. The Labute approximate surface area is 420 Å². The van der Waals surface area contributed by atoms with E-state index in [4.69, 9.17) is 89.0 Å². The maximum Gasteiger partial charge on any atom is 0.305 e. The van der Waals surface area contributed by atoms with Crippen LogP contribution in [0.3, 0.4) is 0 Å². The van der Waals surface area contributed by atoms with Crippen LogP contribution >= 0.6 is 60.7 Å². The normalized spacial score (nSPS) is 23.0. The highest BCUT2D eigenvalue weighted by Crippen LogP contribution is 2.45. The van der Waals surface area contributed by atoms with Crippen LogP contribution in [0.15, 0.2) is 0 Å². The van der Waals surface area contributed by atoms with E-state index in [0.29, 0.717) is 11.2 Å². The Morgan fingerprint density at radius 3 is 1.61 bits per heavy atom. The summed E-state index contributed by atoms with van der Waals surface area (Å²) in [6.45, 7) is 15.7. The predicted molar refractivity (Wildman–Crippen MR) is 248 cm³/mol. The molecule has 70 heavy (non-hydrogen) atoms. The Morgan fingerprint density at radius 1 is 0.643 bits per heavy atom. The third kappa shape index (κ3) is 16.7. The molecule has 4 aromatic rings. The molecule has 1 N–H and O–H groups in total. The van der Waals surface area contributed by atoms with Gasteiger partial charge in [-0.3, -0.25) is 24.0 Å². The lowest BCUT2D eigenvalue weighted by Gasteiger charge is -2.24. The second kappa shape index (κ2) is 25.4. The first kappa shape index (κ1) is 58.3. The van der Waals surface area contributed by atoms with Crippen LogP contribution in [0.5, 0.6) is 0 Å². The quantitative estimate of drug-likeness (QED) is 0.0510. The van der Waals surface area contributed by atoms with Crippen LogP contribution in [-0.4, -0.2) is 176 Å². The van der Waals surface area contributed by atoms with Gasteiger partial charge in [-0.05, 0) is 49.9 Å². The fourth-order valence-electron chi connectivity index (χ4n) is 6.47. The molecule has 4 aromatic heterocycles. The van der Waals surface area contributed by atoms with E-state index in [1.807, 2.05) is 6.92 Å². The van der Waals surface area contributed by atoms with Gasteiger partial charge in [0.25, 0.3) is 0 Å². The number of aromatic nitrogens is 10. The van der Waals surface area contributed by atoms with Gasteiger partial charge in [-0.1, -0.05) is 42.3 Å². The molecule has 2 fully saturated rings. The van der Waals surface area contributed by atoms with Crippen molar-refractivity contribution in [2.75, 3.05) is 53.1 Å². The van der Waals surface area contributed by atoms with E-state index >= 15 is 0 Å². The molecule has 0 aliphatic carbocycles. The van der Waals surface area contributed by atoms with Crippen molar-refractivity contribution in [2.45, 2.75) is 97.1 Å². The van der Waals surface area contributed by atoms with Crippen LogP contribution in [0.4, 0.5) is 0 Å². The number of H-pyrrole nitrogens is 1. The van der Waals surface area contributed by atoms with Crippen LogP contribution in [-0.2, 0) is 75.7 Å². The van der Waals surface area contributed by atoms with Gasteiger partial charge in [0.1, 0.15) is 39.2 Å². The molecule has 0 spiro atoms. The molecule has 0 amide bonds. The van der Waals surface area contributed by atoms with Crippen LogP contribution in [0.1, 0.15) is 54.7 Å². The fraction of sp³-hybridized carbons (Fsp3) is 0.658. The zero-order valence-corrected chi connectivity index (χ0v) is 44.4. The van der Waals surface area contributed by atoms with Crippen LogP contribution < -0.4 is 0 Å². The van der Waals surface area contributed by atoms with Gasteiger partial charge >= 0.3 is 29.8 Å². The number of hydrogen-bond acceptors (Lipinski definition) is 24. The first-order valence-electron chi connectivity index (χ1n) is 20.8. The molecule has 0 radical (unpaired) electrons. The Balaban J connectivity index is 0.000000254. The smallest absolute Gasteiger partial charge is 0.305 e. The van der Waals surface area contributed by atoms with Gasteiger partial charge in [0, 0.05) is 46.5 Å². The van der Waals surface area contributed by atoms with E-state index in [1.165, 1.54) is 52.6 Å². The number of ether oxygens (including phenoxy) is 9. The third-order valence-electron chi connectivity index (χ3n) is 10.0. The molecule has 2 saturated heterocycles. The van der Waals surface area contributed by atoms with Crippen LogP contribution in [0.2, 0.25) is 20.9 Å². The second-order valence-corrected chi connectivity index (χ2v) is 24.7. The summed E-state index contributed by atoms with van der Waals surface area (Å²) in [7, 11) is -5.48. The number of halogens is 4. The van der Waals surface area contributed by atoms with Gasteiger partial charge in [0.05, 0.1) is 25.4 Å². The zero-order chi connectivity index (χ0) is 52.4. The van der Waals surface area contributed by atoms with Crippen LogP contribution in [0.25, 0.3) is 22.3 Å². The predicted octanol–water partition coefficient (Wildman–Crippen LogP) is 4.95. The molecule has 2 aliphatic rings. The Bertz CT molecular complexity index is 2600. The first-order valence-corrected chi connectivity index (χ1v) is 27.7. The number of rotatable bonds is 16. The average molecular weight is 1110 g/mol. The van der Waals surface area contributed by atoms with E-state index in [0.717, 1.165) is 0 Å². The van der Waals surface area contributed by atoms with E-state index in [-0.39, 0.29) is 70.3 Å². The summed E-state index contributed by atoms with van der Waals surface area (Å²) in [6.07, 6.45) is -4.64. The maximum atomic E-state index is 12.6. The van der Waals surface area contributed by atoms with Crippen molar-refractivity contribution in [3.8, 4) is 0 Å². The largest absolute Gasteiger partial charge is 0.463 e. The number of fused-ring (bicyclic) bond motifs is 2. The highest BCUT2D eigenvalue weighted by Gasteiger charge is 2.48. The summed E-state index contributed by atoms with van der Waals surface area (Å²) in [5.74, 6) is -4.90. The monoisotopic (exact) mass is 1110 g/mol. The molecule has 2 aliphatic heterocycles. The number of esters is 5. The van der Waals surface area contributed by atoms with E-state index in [9.17, 15) is 33.1 Å². The van der Waals surface area contributed by atoms with Crippen molar-refractivity contribution in [1.82, 2.24) is 50.3 Å². The number of hydrogen-bond donors (Lipinski definition) is 1. The molecule has 388 valence electrons. The van der Waals surface area contributed by atoms with Crippen molar-refractivity contribution in [2.24, 2.45) is 11.8 Å². The minimum atomic E-state index is -2.77. The van der Waals surface area contributed by atoms with Gasteiger partial charge in [0.2, 0.25) is 22.5 Å². The van der Waals surface area contributed by atoms with Gasteiger partial charge < -0.3 is 51.8 Å². The molecule has 0 saturated carbocycles. The second-order valence-electron chi connectivity index (χ2n) is 16.4. The van der Waals surface area contributed by atoms with Crippen molar-refractivity contribution >= 4 is 113 Å². The summed E-state index contributed by atoms with van der Waals surface area (Å²) in [5, 5.41) is 18.0. The summed E-state index contributed by atoms with van der Waals surface area (Å²) in [5.41, 5.74) is 1.21. The summed E-state index contributed by atoms with van der Waals surface area (Å²) < 4.78 is 75.2. The average Bonchev–Trinajstić information content (AvgIpc) is 4.00. The minimum absolute atomic E-state index is 0.00381. The lowest BCUT2D eigenvalue weighted by atomic mass is 10.0.